The first-order valence-electron chi connectivity index (χ1n) is 8.02. The lowest BCUT2D eigenvalue weighted by atomic mass is 10.3. The van der Waals surface area contributed by atoms with E-state index in [2.05, 4.69) is 14.9 Å². The van der Waals surface area contributed by atoms with Crippen LogP contribution in [0.15, 0.2) is 29.4 Å². The fourth-order valence-electron chi connectivity index (χ4n) is 2.29. The second kappa shape index (κ2) is 8.49. The van der Waals surface area contributed by atoms with Gasteiger partial charge in [0.1, 0.15) is 19.0 Å². The summed E-state index contributed by atoms with van der Waals surface area (Å²) in [6.45, 7) is -1.02. The number of ether oxygens (including phenoxy) is 2. The zero-order valence-corrected chi connectivity index (χ0v) is 15.3. The minimum Gasteiger partial charge on any atom is -0.484 e. The number of para-hydroxylation sites is 1. The standard InChI is InChI=1S/C16H17ClF3N3O2S/c17-12-3-1-2-4-13(12)25-9-14-21-22-15(23(14)11-5-6-11)26-8-7-24-10-16(18,19)20/h1-4,11H,5-10H2. The van der Waals surface area contributed by atoms with Crippen molar-refractivity contribution in [1.29, 1.82) is 0 Å². The molecule has 1 aliphatic rings. The first-order valence-corrected chi connectivity index (χ1v) is 9.39. The molecule has 0 amide bonds. The maximum absolute atomic E-state index is 12.1. The van der Waals surface area contributed by atoms with Crippen molar-refractivity contribution in [2.75, 3.05) is 19.0 Å². The van der Waals surface area contributed by atoms with Gasteiger partial charge in [-0.15, -0.1) is 10.2 Å². The third-order valence-corrected chi connectivity index (χ3v) is 4.78. The summed E-state index contributed by atoms with van der Waals surface area (Å²) in [6, 6.07) is 7.47. The summed E-state index contributed by atoms with van der Waals surface area (Å²) in [5.74, 6) is 1.60. The average molecular weight is 408 g/mol. The summed E-state index contributed by atoms with van der Waals surface area (Å²) in [7, 11) is 0. The molecule has 1 aliphatic carbocycles. The molecule has 0 saturated heterocycles. The van der Waals surface area contributed by atoms with Crippen molar-refractivity contribution >= 4 is 23.4 Å². The molecule has 0 unspecified atom stereocenters. The molecule has 0 radical (unpaired) electrons. The largest absolute Gasteiger partial charge is 0.484 e. The molecule has 10 heteroatoms. The Hall–Kier alpha value is -1.45. The van der Waals surface area contributed by atoms with Gasteiger partial charge in [-0.3, -0.25) is 0 Å². The third kappa shape index (κ3) is 5.52. The summed E-state index contributed by atoms with van der Waals surface area (Å²) >= 11 is 7.40. The predicted octanol–water partition coefficient (Wildman–Crippen LogP) is 4.52. The lowest BCUT2D eigenvalue weighted by molar-refractivity contribution is -0.172. The molecule has 3 rings (SSSR count). The molecular formula is C16H17ClF3N3O2S. The van der Waals surface area contributed by atoms with Gasteiger partial charge in [0.25, 0.3) is 0 Å². The van der Waals surface area contributed by atoms with E-state index in [4.69, 9.17) is 16.3 Å². The van der Waals surface area contributed by atoms with Crippen LogP contribution in [0.1, 0.15) is 24.7 Å². The Morgan fingerprint density at radius 3 is 2.69 bits per heavy atom. The number of alkyl halides is 3. The van der Waals surface area contributed by atoms with E-state index in [1.54, 1.807) is 12.1 Å². The molecule has 0 spiro atoms. The number of hydrogen-bond acceptors (Lipinski definition) is 5. The molecule has 142 valence electrons. The van der Waals surface area contributed by atoms with Crippen molar-refractivity contribution in [2.45, 2.75) is 36.8 Å². The number of aromatic nitrogens is 3. The lowest BCUT2D eigenvalue weighted by Crippen LogP contribution is -2.18. The number of rotatable bonds is 9. The Bertz CT molecular complexity index is 738. The van der Waals surface area contributed by atoms with Crippen LogP contribution >= 0.6 is 23.4 Å². The van der Waals surface area contributed by atoms with Crippen molar-refractivity contribution in [1.82, 2.24) is 14.8 Å². The number of hydrogen-bond donors (Lipinski definition) is 0. The summed E-state index contributed by atoms with van der Waals surface area (Å²) in [5.41, 5.74) is 0. The molecule has 1 fully saturated rings. The van der Waals surface area contributed by atoms with Gasteiger partial charge in [-0.2, -0.15) is 13.2 Å². The lowest BCUT2D eigenvalue weighted by Gasteiger charge is -2.11. The monoisotopic (exact) mass is 407 g/mol. The van der Waals surface area contributed by atoms with Gasteiger partial charge in [0, 0.05) is 11.8 Å². The molecule has 1 aromatic heterocycles. The van der Waals surface area contributed by atoms with Crippen LogP contribution < -0.4 is 4.74 Å². The molecule has 26 heavy (non-hydrogen) atoms. The summed E-state index contributed by atoms with van der Waals surface area (Å²) in [6.07, 6.45) is -2.26. The van der Waals surface area contributed by atoms with Gasteiger partial charge in [-0.1, -0.05) is 35.5 Å². The Labute approximate surface area is 157 Å². The van der Waals surface area contributed by atoms with Crippen molar-refractivity contribution in [3.63, 3.8) is 0 Å². The highest BCUT2D eigenvalue weighted by molar-refractivity contribution is 7.99. The number of halogens is 4. The SMILES string of the molecule is FC(F)(F)COCCSc1nnc(COc2ccccc2Cl)n1C1CC1. The van der Waals surface area contributed by atoms with Gasteiger partial charge in [-0.25, -0.2) is 0 Å². The smallest absolute Gasteiger partial charge is 0.411 e. The van der Waals surface area contributed by atoms with Gasteiger partial charge in [0.15, 0.2) is 11.0 Å². The van der Waals surface area contributed by atoms with Gasteiger partial charge in [0.05, 0.1) is 11.6 Å². The zero-order valence-electron chi connectivity index (χ0n) is 13.7. The first-order chi connectivity index (χ1) is 12.4. The number of benzene rings is 1. The molecule has 1 saturated carbocycles. The van der Waals surface area contributed by atoms with E-state index in [1.807, 2.05) is 16.7 Å². The fraction of sp³-hybridized carbons (Fsp3) is 0.500. The Balaban J connectivity index is 1.56. The van der Waals surface area contributed by atoms with E-state index < -0.39 is 12.8 Å². The first kappa shape index (κ1) is 19.3. The Morgan fingerprint density at radius 1 is 1.23 bits per heavy atom. The number of nitrogens with zero attached hydrogens (tertiary/aromatic N) is 3. The molecule has 5 nitrogen and oxygen atoms in total. The quantitative estimate of drug-likeness (QED) is 0.452. The van der Waals surface area contributed by atoms with Crippen molar-refractivity contribution in [3.05, 3.63) is 35.1 Å². The topological polar surface area (TPSA) is 49.2 Å². The highest BCUT2D eigenvalue weighted by atomic mass is 35.5. The van der Waals surface area contributed by atoms with Gasteiger partial charge in [-0.05, 0) is 25.0 Å². The predicted molar refractivity (Wildman–Crippen MR) is 91.7 cm³/mol. The summed E-state index contributed by atoms with van der Waals surface area (Å²) < 4.78 is 48.5. The maximum Gasteiger partial charge on any atom is 0.411 e. The van der Waals surface area contributed by atoms with Crippen LogP contribution in [0.2, 0.25) is 5.02 Å². The normalized spacial score (nSPS) is 14.6. The number of thioether (sulfide) groups is 1. The van der Waals surface area contributed by atoms with Crippen molar-refractivity contribution in [3.8, 4) is 5.75 Å². The van der Waals surface area contributed by atoms with Gasteiger partial charge < -0.3 is 14.0 Å². The molecule has 0 atom stereocenters. The van der Waals surface area contributed by atoms with Crippen LogP contribution in [0.5, 0.6) is 5.75 Å². The van der Waals surface area contributed by atoms with Gasteiger partial charge in [0.2, 0.25) is 0 Å². The molecule has 0 aliphatic heterocycles. The minimum atomic E-state index is -4.30. The summed E-state index contributed by atoms with van der Waals surface area (Å²) in [5, 5.41) is 9.49. The van der Waals surface area contributed by atoms with E-state index in [1.165, 1.54) is 11.8 Å². The van der Waals surface area contributed by atoms with E-state index in [0.29, 0.717) is 33.5 Å². The van der Waals surface area contributed by atoms with Crippen LogP contribution in [0.3, 0.4) is 0 Å². The van der Waals surface area contributed by atoms with E-state index in [9.17, 15) is 13.2 Å². The maximum atomic E-state index is 12.1. The van der Waals surface area contributed by atoms with Crippen molar-refractivity contribution in [2.24, 2.45) is 0 Å². The highest BCUT2D eigenvalue weighted by Crippen LogP contribution is 2.39. The van der Waals surface area contributed by atoms with Crippen LogP contribution in [-0.4, -0.2) is 39.9 Å². The zero-order chi connectivity index (χ0) is 18.6. The molecule has 2 aromatic rings. The van der Waals surface area contributed by atoms with Crippen LogP contribution in [-0.2, 0) is 11.3 Å². The van der Waals surface area contributed by atoms with Gasteiger partial charge >= 0.3 is 6.18 Å². The second-order valence-electron chi connectivity index (χ2n) is 5.74. The molecule has 0 N–H and O–H groups in total. The Kier molecular flexibility index (Phi) is 6.31. The van der Waals surface area contributed by atoms with E-state index >= 15 is 0 Å². The van der Waals surface area contributed by atoms with Crippen molar-refractivity contribution < 1.29 is 22.6 Å². The molecule has 0 bridgehead atoms. The van der Waals surface area contributed by atoms with Crippen LogP contribution in [0.25, 0.3) is 0 Å². The minimum absolute atomic E-state index is 0.00679. The second-order valence-corrected chi connectivity index (χ2v) is 7.20. The average Bonchev–Trinajstić information content (AvgIpc) is 3.34. The van der Waals surface area contributed by atoms with E-state index in [-0.39, 0.29) is 13.2 Å². The van der Waals surface area contributed by atoms with Crippen LogP contribution in [0.4, 0.5) is 13.2 Å². The molecular weight excluding hydrogens is 391 g/mol. The molecule has 1 aromatic carbocycles. The van der Waals surface area contributed by atoms with Crippen LogP contribution in [0, 0.1) is 0 Å². The fourth-order valence-corrected chi connectivity index (χ4v) is 3.35. The van der Waals surface area contributed by atoms with E-state index in [0.717, 1.165) is 12.8 Å². The highest BCUT2D eigenvalue weighted by Gasteiger charge is 2.30. The Morgan fingerprint density at radius 2 is 2.00 bits per heavy atom. The summed E-state index contributed by atoms with van der Waals surface area (Å²) in [4.78, 5) is 0. The molecule has 1 heterocycles. The third-order valence-electron chi connectivity index (χ3n) is 3.57.